The van der Waals surface area contributed by atoms with Crippen LogP contribution in [0.25, 0.3) is 0 Å². The lowest BCUT2D eigenvalue weighted by atomic mass is 9.69. The molecule has 0 radical (unpaired) electrons. The molecular formula is C33H32FNO5. The molecule has 3 aromatic rings. The van der Waals surface area contributed by atoms with E-state index in [-0.39, 0.29) is 24.7 Å². The molecular weight excluding hydrogens is 509 g/mol. The van der Waals surface area contributed by atoms with Gasteiger partial charge in [0.1, 0.15) is 11.7 Å². The number of esters is 1. The van der Waals surface area contributed by atoms with E-state index in [4.69, 9.17) is 19.2 Å². The molecule has 1 heterocycles. The molecule has 0 aromatic heterocycles. The summed E-state index contributed by atoms with van der Waals surface area (Å²) in [6.07, 6.45) is 1.25. The van der Waals surface area contributed by atoms with E-state index in [1.54, 1.807) is 39.3 Å². The molecule has 0 spiro atoms. The molecule has 1 aliphatic carbocycles. The molecule has 3 aromatic carbocycles. The third-order valence-electron chi connectivity index (χ3n) is 7.74. The number of rotatable bonds is 8. The molecule has 1 unspecified atom stereocenters. The first-order valence-electron chi connectivity index (χ1n) is 13.4. The highest BCUT2D eigenvalue weighted by atomic mass is 19.1. The van der Waals surface area contributed by atoms with Crippen LogP contribution in [-0.2, 0) is 20.7 Å². The Hall–Kier alpha value is -4.26. The summed E-state index contributed by atoms with van der Waals surface area (Å²) >= 11 is 0. The second kappa shape index (κ2) is 11.9. The summed E-state index contributed by atoms with van der Waals surface area (Å²) in [5.74, 6) is -1.78. The summed E-state index contributed by atoms with van der Waals surface area (Å²) in [5, 5.41) is 0. The molecule has 0 N–H and O–H groups in total. The van der Waals surface area contributed by atoms with Gasteiger partial charge in [-0.25, -0.2) is 4.39 Å². The van der Waals surface area contributed by atoms with Gasteiger partial charge in [-0.15, -0.1) is 0 Å². The summed E-state index contributed by atoms with van der Waals surface area (Å²) in [6.45, 7) is 1.93. The number of hydrogen-bond donors (Lipinski definition) is 0. The Morgan fingerprint density at radius 1 is 0.950 bits per heavy atom. The van der Waals surface area contributed by atoms with Crippen molar-refractivity contribution in [2.75, 3.05) is 20.8 Å². The molecule has 6 nitrogen and oxygen atoms in total. The van der Waals surface area contributed by atoms with Crippen molar-refractivity contribution in [2.24, 2.45) is 10.9 Å². The zero-order valence-corrected chi connectivity index (χ0v) is 22.9. The normalized spacial score (nSPS) is 20.4. The first kappa shape index (κ1) is 27.3. The average molecular weight is 542 g/mol. The minimum atomic E-state index is -0.895. The first-order valence-corrected chi connectivity index (χ1v) is 13.4. The van der Waals surface area contributed by atoms with Gasteiger partial charge in [0, 0.05) is 35.7 Å². The maximum absolute atomic E-state index is 15.2. The lowest BCUT2D eigenvalue weighted by Gasteiger charge is -2.36. The van der Waals surface area contributed by atoms with Crippen molar-refractivity contribution in [3.8, 4) is 11.5 Å². The van der Waals surface area contributed by atoms with E-state index in [9.17, 15) is 9.59 Å². The van der Waals surface area contributed by atoms with Gasteiger partial charge in [-0.1, -0.05) is 54.6 Å². The fourth-order valence-electron chi connectivity index (χ4n) is 5.77. The van der Waals surface area contributed by atoms with Crippen LogP contribution >= 0.6 is 0 Å². The van der Waals surface area contributed by atoms with Gasteiger partial charge in [-0.2, -0.15) is 0 Å². The van der Waals surface area contributed by atoms with Crippen LogP contribution in [0, 0.1) is 11.7 Å². The highest BCUT2D eigenvalue weighted by Gasteiger charge is 2.45. The predicted molar refractivity (Wildman–Crippen MR) is 150 cm³/mol. The van der Waals surface area contributed by atoms with E-state index in [2.05, 4.69) is 0 Å². The molecule has 0 bridgehead atoms. The zero-order chi connectivity index (χ0) is 28.2. The molecule has 0 saturated carbocycles. The summed E-state index contributed by atoms with van der Waals surface area (Å²) in [6, 6.07) is 21.7. The van der Waals surface area contributed by atoms with E-state index in [0.29, 0.717) is 46.9 Å². The van der Waals surface area contributed by atoms with Gasteiger partial charge in [-0.05, 0) is 54.2 Å². The maximum atomic E-state index is 15.2. The Morgan fingerprint density at radius 2 is 1.68 bits per heavy atom. The standard InChI is InChI=1S/C33H32FNO5/c1-20-30(33(37)40-16-15-21-9-5-4-6-10-21)31(24-11-7-8-12-25(24)34)32-26(35-20)17-23(18-27(32)36)22-13-14-28(38-2)29(19-22)39-3/h4-14,19,23,30-31H,15-18H2,1-3H3/t23-,30?,31+/m1/s1. The van der Waals surface area contributed by atoms with Crippen LogP contribution in [0.15, 0.2) is 89.1 Å². The van der Waals surface area contributed by atoms with Crippen molar-refractivity contribution in [3.05, 3.63) is 107 Å². The topological polar surface area (TPSA) is 74.2 Å². The van der Waals surface area contributed by atoms with Crippen LogP contribution in [-0.4, -0.2) is 38.3 Å². The SMILES string of the molecule is COc1ccc([C@H]2CC(=O)C3=C(C2)N=C(C)C(C(=O)OCCc2ccccc2)[C@@H]3c2ccccc2F)cc1OC. The number of nitrogens with zero attached hydrogens (tertiary/aromatic N) is 1. The van der Waals surface area contributed by atoms with Gasteiger partial charge < -0.3 is 14.2 Å². The Bertz CT molecular complexity index is 1480. The Labute approximate surface area is 233 Å². The predicted octanol–water partition coefficient (Wildman–Crippen LogP) is 6.20. The molecule has 206 valence electrons. The largest absolute Gasteiger partial charge is 0.493 e. The van der Waals surface area contributed by atoms with E-state index < -0.39 is 23.6 Å². The molecule has 5 rings (SSSR count). The van der Waals surface area contributed by atoms with Crippen molar-refractivity contribution in [3.63, 3.8) is 0 Å². The Kier molecular flexibility index (Phi) is 8.10. The number of ketones is 1. The molecule has 7 heteroatoms. The molecule has 1 aliphatic heterocycles. The summed E-state index contributed by atoms with van der Waals surface area (Å²) in [4.78, 5) is 32.1. The van der Waals surface area contributed by atoms with E-state index in [1.165, 1.54) is 6.07 Å². The van der Waals surface area contributed by atoms with Gasteiger partial charge in [0.15, 0.2) is 17.3 Å². The summed E-state index contributed by atoms with van der Waals surface area (Å²) in [7, 11) is 3.14. The smallest absolute Gasteiger partial charge is 0.315 e. The Morgan fingerprint density at radius 3 is 2.40 bits per heavy atom. The number of Topliss-reactive ketones (excluding diaryl/α,β-unsaturated/α-hetero) is 1. The number of benzene rings is 3. The van der Waals surface area contributed by atoms with Crippen molar-refractivity contribution < 1.29 is 28.2 Å². The van der Waals surface area contributed by atoms with Crippen LogP contribution in [0.5, 0.6) is 11.5 Å². The number of carbonyl (C=O) groups excluding carboxylic acids is 2. The van der Waals surface area contributed by atoms with Crippen LogP contribution in [0.4, 0.5) is 4.39 Å². The fraction of sp³-hybridized carbons (Fsp3) is 0.303. The van der Waals surface area contributed by atoms with Gasteiger partial charge in [-0.3, -0.25) is 14.6 Å². The number of ether oxygens (including phenoxy) is 3. The molecule has 40 heavy (non-hydrogen) atoms. The van der Waals surface area contributed by atoms with Gasteiger partial charge in [0.2, 0.25) is 0 Å². The zero-order valence-electron chi connectivity index (χ0n) is 22.9. The van der Waals surface area contributed by atoms with E-state index >= 15 is 4.39 Å². The van der Waals surface area contributed by atoms with Crippen molar-refractivity contribution in [2.45, 2.75) is 38.0 Å². The van der Waals surface area contributed by atoms with Gasteiger partial charge >= 0.3 is 5.97 Å². The summed E-state index contributed by atoms with van der Waals surface area (Å²) in [5.41, 5.74) is 3.77. The monoisotopic (exact) mass is 541 g/mol. The van der Waals surface area contributed by atoms with Crippen molar-refractivity contribution in [1.29, 1.82) is 0 Å². The third kappa shape index (κ3) is 5.41. The number of allylic oxidation sites excluding steroid dienone is 2. The lowest BCUT2D eigenvalue weighted by Crippen LogP contribution is -2.38. The number of carbonyl (C=O) groups is 2. The molecule has 3 atom stereocenters. The number of halogens is 1. The number of aliphatic imine (C=N–C) groups is 1. The highest BCUT2D eigenvalue weighted by Crippen LogP contribution is 2.48. The highest BCUT2D eigenvalue weighted by molar-refractivity contribution is 6.09. The van der Waals surface area contributed by atoms with Gasteiger partial charge in [0.05, 0.1) is 20.8 Å². The number of hydrogen-bond acceptors (Lipinski definition) is 6. The third-order valence-corrected chi connectivity index (χ3v) is 7.74. The van der Waals surface area contributed by atoms with Gasteiger partial charge in [0.25, 0.3) is 0 Å². The van der Waals surface area contributed by atoms with Crippen LogP contribution in [0.3, 0.4) is 0 Å². The van der Waals surface area contributed by atoms with Crippen molar-refractivity contribution >= 4 is 17.5 Å². The average Bonchev–Trinajstić information content (AvgIpc) is 2.96. The second-order valence-electron chi connectivity index (χ2n) is 10.1. The molecule has 0 fully saturated rings. The van der Waals surface area contributed by atoms with Crippen LogP contribution in [0.1, 0.15) is 48.3 Å². The van der Waals surface area contributed by atoms with Crippen LogP contribution in [0.2, 0.25) is 0 Å². The van der Waals surface area contributed by atoms with E-state index in [1.807, 2.05) is 48.5 Å². The quantitative estimate of drug-likeness (QED) is 0.317. The summed E-state index contributed by atoms with van der Waals surface area (Å²) < 4.78 is 31.8. The Balaban J connectivity index is 1.47. The minimum absolute atomic E-state index is 0.141. The molecule has 0 amide bonds. The first-order chi connectivity index (χ1) is 19.4. The maximum Gasteiger partial charge on any atom is 0.315 e. The minimum Gasteiger partial charge on any atom is -0.493 e. The lowest BCUT2D eigenvalue weighted by molar-refractivity contribution is -0.146. The molecule has 0 saturated heterocycles. The van der Waals surface area contributed by atoms with Crippen LogP contribution < -0.4 is 9.47 Å². The van der Waals surface area contributed by atoms with E-state index in [0.717, 1.165) is 11.1 Å². The second-order valence-corrected chi connectivity index (χ2v) is 10.1. The van der Waals surface area contributed by atoms with Crippen molar-refractivity contribution in [1.82, 2.24) is 0 Å². The number of methoxy groups -OCH3 is 2. The fourth-order valence-corrected chi connectivity index (χ4v) is 5.77. The molecule has 2 aliphatic rings.